The van der Waals surface area contributed by atoms with Gasteiger partial charge >= 0.3 is 0 Å². The van der Waals surface area contributed by atoms with E-state index in [0.29, 0.717) is 22.0 Å². The van der Waals surface area contributed by atoms with E-state index in [1.165, 1.54) is 18.2 Å². The molecule has 0 unspecified atom stereocenters. The van der Waals surface area contributed by atoms with Crippen LogP contribution < -0.4 is 11.1 Å². The molecule has 4 nitrogen and oxygen atoms in total. The van der Waals surface area contributed by atoms with Gasteiger partial charge in [-0.15, -0.1) is 0 Å². The summed E-state index contributed by atoms with van der Waals surface area (Å²) in [5.74, 6) is -0.261. The minimum Gasteiger partial charge on any atom is -0.508 e. The van der Waals surface area contributed by atoms with Gasteiger partial charge in [-0.3, -0.25) is 4.79 Å². The Morgan fingerprint density at radius 1 is 1.22 bits per heavy atom. The fourth-order valence-electron chi connectivity index (χ4n) is 1.49. The van der Waals surface area contributed by atoms with Crippen LogP contribution >= 0.6 is 11.6 Å². The third-order valence-corrected chi connectivity index (χ3v) is 2.61. The van der Waals surface area contributed by atoms with Crippen molar-refractivity contribution in [3.05, 3.63) is 53.1 Å². The average Bonchev–Trinajstić information content (AvgIpc) is 2.32. The van der Waals surface area contributed by atoms with Gasteiger partial charge in [0, 0.05) is 16.7 Å². The van der Waals surface area contributed by atoms with E-state index < -0.39 is 0 Å². The number of nitrogens with one attached hydrogen (secondary N) is 1. The van der Waals surface area contributed by atoms with Crippen molar-refractivity contribution in [2.75, 3.05) is 11.1 Å². The van der Waals surface area contributed by atoms with Gasteiger partial charge in [0.05, 0.1) is 11.4 Å². The van der Waals surface area contributed by atoms with Gasteiger partial charge in [-0.25, -0.2) is 0 Å². The second-order valence-electron chi connectivity index (χ2n) is 3.74. The zero-order valence-electron chi connectivity index (χ0n) is 9.35. The minimum atomic E-state index is -0.310. The molecule has 0 heterocycles. The molecule has 2 aromatic carbocycles. The highest BCUT2D eigenvalue weighted by Gasteiger charge is 2.08. The summed E-state index contributed by atoms with van der Waals surface area (Å²) in [6.07, 6.45) is 0. The van der Waals surface area contributed by atoms with Gasteiger partial charge in [-0.1, -0.05) is 17.7 Å². The van der Waals surface area contributed by atoms with Crippen LogP contribution in [0.3, 0.4) is 0 Å². The Balaban J connectivity index is 2.21. The maximum atomic E-state index is 11.9. The molecule has 2 rings (SSSR count). The number of rotatable bonds is 2. The van der Waals surface area contributed by atoms with Crippen LogP contribution in [0.25, 0.3) is 0 Å². The van der Waals surface area contributed by atoms with Crippen molar-refractivity contribution in [1.82, 2.24) is 0 Å². The summed E-state index contributed by atoms with van der Waals surface area (Å²) in [4.78, 5) is 11.9. The first kappa shape index (κ1) is 12.3. The van der Waals surface area contributed by atoms with Gasteiger partial charge in [-0.05, 0) is 30.3 Å². The summed E-state index contributed by atoms with van der Waals surface area (Å²) in [5, 5.41) is 12.3. The molecule has 18 heavy (non-hydrogen) atoms. The van der Waals surface area contributed by atoms with Crippen LogP contribution in [-0.2, 0) is 0 Å². The average molecular weight is 263 g/mol. The maximum absolute atomic E-state index is 11.9. The molecule has 0 radical (unpaired) electrons. The zero-order chi connectivity index (χ0) is 13.1. The fourth-order valence-corrected chi connectivity index (χ4v) is 1.68. The van der Waals surface area contributed by atoms with Crippen LogP contribution in [0, 0.1) is 0 Å². The lowest BCUT2D eigenvalue weighted by Crippen LogP contribution is -2.13. The van der Waals surface area contributed by atoms with E-state index in [2.05, 4.69) is 5.32 Å². The molecule has 0 saturated heterocycles. The predicted molar refractivity (Wildman–Crippen MR) is 71.9 cm³/mol. The van der Waals surface area contributed by atoms with Crippen LogP contribution in [0.1, 0.15) is 10.4 Å². The first-order valence-electron chi connectivity index (χ1n) is 5.21. The Bertz CT molecular complexity index is 599. The van der Waals surface area contributed by atoms with Crippen LogP contribution in [0.4, 0.5) is 11.4 Å². The number of halogens is 1. The lowest BCUT2D eigenvalue weighted by atomic mass is 10.2. The van der Waals surface area contributed by atoms with Crippen molar-refractivity contribution in [2.24, 2.45) is 0 Å². The summed E-state index contributed by atoms with van der Waals surface area (Å²) in [6.45, 7) is 0. The topological polar surface area (TPSA) is 75.3 Å². The van der Waals surface area contributed by atoms with E-state index in [0.717, 1.165) is 0 Å². The van der Waals surface area contributed by atoms with E-state index in [4.69, 9.17) is 17.3 Å². The number of aromatic hydroxyl groups is 1. The third-order valence-electron chi connectivity index (χ3n) is 2.37. The number of amides is 1. The predicted octanol–water partition coefficient (Wildman–Crippen LogP) is 2.88. The molecular formula is C13H11ClN2O2. The SMILES string of the molecule is Nc1cc(O)ccc1NC(=O)c1cccc(Cl)c1. The van der Waals surface area contributed by atoms with Crippen molar-refractivity contribution < 1.29 is 9.90 Å². The molecule has 0 saturated carbocycles. The number of nitrogen functional groups attached to an aromatic ring is 1. The largest absolute Gasteiger partial charge is 0.508 e. The number of hydrogen-bond donors (Lipinski definition) is 3. The number of benzene rings is 2. The van der Waals surface area contributed by atoms with Gasteiger partial charge in [-0.2, -0.15) is 0 Å². The number of nitrogens with two attached hydrogens (primary N) is 1. The second kappa shape index (κ2) is 4.98. The molecule has 5 heteroatoms. The molecule has 0 aliphatic carbocycles. The van der Waals surface area contributed by atoms with Crippen LogP contribution in [0.15, 0.2) is 42.5 Å². The summed E-state index contributed by atoms with van der Waals surface area (Å²) in [6, 6.07) is 10.9. The van der Waals surface area contributed by atoms with E-state index in [1.54, 1.807) is 24.3 Å². The Morgan fingerprint density at radius 2 is 2.00 bits per heavy atom. The van der Waals surface area contributed by atoms with E-state index in [9.17, 15) is 9.90 Å². The van der Waals surface area contributed by atoms with Gasteiger partial charge < -0.3 is 16.2 Å². The second-order valence-corrected chi connectivity index (χ2v) is 4.17. The zero-order valence-corrected chi connectivity index (χ0v) is 10.1. The van der Waals surface area contributed by atoms with E-state index in [-0.39, 0.29) is 11.7 Å². The summed E-state index contributed by atoms with van der Waals surface area (Å²) >= 11 is 5.81. The molecule has 1 amide bonds. The molecule has 0 bridgehead atoms. The van der Waals surface area contributed by atoms with Gasteiger partial charge in [0.1, 0.15) is 5.75 Å². The summed E-state index contributed by atoms with van der Waals surface area (Å²) in [5.41, 5.74) is 6.86. The summed E-state index contributed by atoms with van der Waals surface area (Å²) < 4.78 is 0. The standard InChI is InChI=1S/C13H11ClN2O2/c14-9-3-1-2-8(6-9)13(18)16-12-5-4-10(17)7-11(12)15/h1-7,17H,15H2,(H,16,18). The molecule has 0 spiro atoms. The highest BCUT2D eigenvalue weighted by Crippen LogP contribution is 2.24. The molecule has 0 aliphatic heterocycles. The molecule has 0 fully saturated rings. The summed E-state index contributed by atoms with van der Waals surface area (Å²) in [7, 11) is 0. The van der Waals surface area contributed by atoms with Gasteiger partial charge in [0.2, 0.25) is 0 Å². The van der Waals surface area contributed by atoms with E-state index in [1.807, 2.05) is 0 Å². The Kier molecular flexibility index (Phi) is 3.39. The van der Waals surface area contributed by atoms with E-state index >= 15 is 0 Å². The Labute approximate surface area is 109 Å². The van der Waals surface area contributed by atoms with Crippen molar-refractivity contribution in [3.63, 3.8) is 0 Å². The highest BCUT2D eigenvalue weighted by molar-refractivity contribution is 6.31. The van der Waals surface area contributed by atoms with Gasteiger partial charge in [0.15, 0.2) is 0 Å². The van der Waals surface area contributed by atoms with Crippen molar-refractivity contribution in [1.29, 1.82) is 0 Å². The molecule has 2 aromatic rings. The quantitative estimate of drug-likeness (QED) is 0.575. The monoisotopic (exact) mass is 262 g/mol. The van der Waals surface area contributed by atoms with Crippen LogP contribution in [0.5, 0.6) is 5.75 Å². The first-order chi connectivity index (χ1) is 8.56. The van der Waals surface area contributed by atoms with Crippen LogP contribution in [-0.4, -0.2) is 11.0 Å². The normalized spacial score (nSPS) is 10.1. The Morgan fingerprint density at radius 3 is 2.67 bits per heavy atom. The molecule has 4 N–H and O–H groups in total. The van der Waals surface area contributed by atoms with Gasteiger partial charge in [0.25, 0.3) is 5.91 Å². The number of phenols is 1. The maximum Gasteiger partial charge on any atom is 0.255 e. The smallest absolute Gasteiger partial charge is 0.255 e. The molecular weight excluding hydrogens is 252 g/mol. The van der Waals surface area contributed by atoms with Crippen LogP contribution in [0.2, 0.25) is 5.02 Å². The molecule has 92 valence electrons. The van der Waals surface area contributed by atoms with Crippen molar-refractivity contribution >= 4 is 28.9 Å². The molecule has 0 aromatic heterocycles. The highest BCUT2D eigenvalue weighted by atomic mass is 35.5. The molecule has 0 atom stereocenters. The van der Waals surface area contributed by atoms with Crippen molar-refractivity contribution in [2.45, 2.75) is 0 Å². The number of carbonyl (C=O) groups is 1. The van der Waals surface area contributed by atoms with Crippen molar-refractivity contribution in [3.8, 4) is 5.75 Å². The molecule has 0 aliphatic rings. The first-order valence-corrected chi connectivity index (χ1v) is 5.59. The number of carbonyl (C=O) groups excluding carboxylic acids is 1. The number of phenolic OH excluding ortho intramolecular Hbond substituents is 1. The fraction of sp³-hybridized carbons (Fsp3) is 0. The lowest BCUT2D eigenvalue weighted by Gasteiger charge is -2.08. The minimum absolute atomic E-state index is 0.0493. The Hall–Kier alpha value is -2.20. The third kappa shape index (κ3) is 2.73. The lowest BCUT2D eigenvalue weighted by molar-refractivity contribution is 0.102. The number of hydrogen-bond acceptors (Lipinski definition) is 3. The number of anilines is 2.